The molecule has 1 aromatic carbocycles. The molecular weight excluding hydrogens is 399 g/mol. The van der Waals surface area contributed by atoms with E-state index in [0.29, 0.717) is 10.8 Å². The van der Waals surface area contributed by atoms with Crippen LogP contribution in [-0.2, 0) is 19.3 Å². The highest BCUT2D eigenvalue weighted by atomic mass is 35.5. The average molecular weight is 419 g/mol. The first-order valence-corrected chi connectivity index (χ1v) is 10.7. The minimum Gasteiger partial charge on any atom is -0.399 e. The van der Waals surface area contributed by atoms with Gasteiger partial charge in [-0.1, -0.05) is 29.8 Å². The molecule has 9 heteroatoms. The lowest BCUT2D eigenvalue weighted by Gasteiger charge is -2.32. The predicted molar refractivity (Wildman–Crippen MR) is 109 cm³/mol. The van der Waals surface area contributed by atoms with E-state index in [4.69, 9.17) is 20.9 Å². The van der Waals surface area contributed by atoms with Crippen molar-refractivity contribution in [1.29, 1.82) is 0 Å². The van der Waals surface area contributed by atoms with E-state index < -0.39 is 28.3 Å². The van der Waals surface area contributed by atoms with Crippen LogP contribution in [0.4, 0.5) is 0 Å². The Morgan fingerprint density at radius 2 is 1.61 bits per heavy atom. The van der Waals surface area contributed by atoms with Crippen LogP contribution in [0, 0.1) is 0 Å². The SMILES string of the molecule is CC1(C)OB(c2cn(S(=O)(=O)c3ccccc3)c3nc(Cl)ccc23)OC1(C)C. The van der Waals surface area contributed by atoms with Crippen molar-refractivity contribution in [3.63, 3.8) is 0 Å². The van der Waals surface area contributed by atoms with E-state index in [1.165, 1.54) is 6.20 Å². The molecule has 1 saturated heterocycles. The molecule has 3 heterocycles. The number of hydrogen-bond donors (Lipinski definition) is 0. The molecule has 0 atom stereocenters. The number of nitrogens with zero attached hydrogens (tertiary/aromatic N) is 2. The molecule has 1 aliphatic heterocycles. The van der Waals surface area contributed by atoms with Gasteiger partial charge in [0.2, 0.25) is 0 Å². The molecule has 0 aliphatic carbocycles. The van der Waals surface area contributed by atoms with Gasteiger partial charge in [-0.3, -0.25) is 0 Å². The van der Waals surface area contributed by atoms with Crippen LogP contribution in [0.1, 0.15) is 27.7 Å². The van der Waals surface area contributed by atoms with Gasteiger partial charge in [0.1, 0.15) is 5.15 Å². The first kappa shape index (κ1) is 19.5. The number of pyridine rings is 1. The Balaban J connectivity index is 1.92. The molecule has 0 spiro atoms. The molecule has 28 heavy (non-hydrogen) atoms. The molecule has 3 aromatic rings. The molecule has 1 aliphatic rings. The van der Waals surface area contributed by atoms with Crippen molar-refractivity contribution in [2.75, 3.05) is 0 Å². The third kappa shape index (κ3) is 2.95. The summed E-state index contributed by atoms with van der Waals surface area (Å²) < 4.78 is 39.9. The van der Waals surface area contributed by atoms with Crippen LogP contribution in [-0.4, -0.2) is 35.7 Å². The zero-order valence-corrected chi connectivity index (χ0v) is 17.6. The molecule has 146 valence electrons. The molecule has 4 rings (SSSR count). The number of halogens is 1. The lowest BCUT2D eigenvalue weighted by Crippen LogP contribution is -2.41. The number of rotatable bonds is 3. The second kappa shape index (κ2) is 6.32. The Labute approximate surface area is 169 Å². The van der Waals surface area contributed by atoms with Gasteiger partial charge in [-0.05, 0) is 52.0 Å². The maximum atomic E-state index is 13.2. The summed E-state index contributed by atoms with van der Waals surface area (Å²) in [6.07, 6.45) is 1.51. The van der Waals surface area contributed by atoms with E-state index in [2.05, 4.69) is 4.98 Å². The Hall–Kier alpha value is -1.87. The van der Waals surface area contributed by atoms with Gasteiger partial charge in [0.15, 0.2) is 5.65 Å². The van der Waals surface area contributed by atoms with Gasteiger partial charge in [-0.15, -0.1) is 0 Å². The molecule has 0 unspecified atom stereocenters. The van der Waals surface area contributed by atoms with Gasteiger partial charge >= 0.3 is 7.12 Å². The van der Waals surface area contributed by atoms with Gasteiger partial charge in [0.05, 0.1) is 16.1 Å². The van der Waals surface area contributed by atoms with E-state index in [0.717, 1.165) is 3.97 Å². The number of aromatic nitrogens is 2. The molecule has 2 aromatic heterocycles. The largest absolute Gasteiger partial charge is 0.497 e. The summed E-state index contributed by atoms with van der Waals surface area (Å²) in [4.78, 5) is 4.43. The van der Waals surface area contributed by atoms with E-state index in [-0.39, 0.29) is 15.7 Å². The standard InChI is InChI=1S/C19H20BClN2O4S/c1-18(2)19(3,4)27-20(26-18)15-12-23(17-14(15)10-11-16(21)22-17)28(24,25)13-8-6-5-7-9-13/h5-12H,1-4H3. The maximum absolute atomic E-state index is 13.2. The van der Waals surface area contributed by atoms with Gasteiger partial charge in [0.25, 0.3) is 10.0 Å². The normalized spacial score (nSPS) is 18.7. The molecule has 6 nitrogen and oxygen atoms in total. The minimum atomic E-state index is -3.86. The molecular formula is C19H20BClN2O4S. The first-order chi connectivity index (χ1) is 13.0. The Kier molecular flexibility index (Phi) is 4.39. The fourth-order valence-corrected chi connectivity index (χ4v) is 4.61. The number of hydrogen-bond acceptors (Lipinski definition) is 5. The Morgan fingerprint density at radius 3 is 2.21 bits per heavy atom. The summed E-state index contributed by atoms with van der Waals surface area (Å²) in [6.45, 7) is 7.79. The van der Waals surface area contributed by atoms with Crippen LogP contribution < -0.4 is 5.46 Å². The van der Waals surface area contributed by atoms with Crippen molar-refractivity contribution in [2.45, 2.75) is 43.8 Å². The summed E-state index contributed by atoms with van der Waals surface area (Å²) in [5.41, 5.74) is -0.271. The summed E-state index contributed by atoms with van der Waals surface area (Å²) in [5.74, 6) is 0. The second-order valence-corrected chi connectivity index (χ2v) is 9.99. The minimum absolute atomic E-state index is 0.161. The lowest BCUT2D eigenvalue weighted by molar-refractivity contribution is 0.00578. The lowest BCUT2D eigenvalue weighted by atomic mass is 9.79. The van der Waals surface area contributed by atoms with Crippen molar-refractivity contribution in [3.8, 4) is 0 Å². The molecule has 0 N–H and O–H groups in total. The maximum Gasteiger partial charge on any atom is 0.497 e. The van der Waals surface area contributed by atoms with Crippen LogP contribution in [0.2, 0.25) is 5.15 Å². The average Bonchev–Trinajstić information content (AvgIpc) is 3.10. The van der Waals surface area contributed by atoms with E-state index in [9.17, 15) is 8.42 Å². The predicted octanol–water partition coefficient (Wildman–Crippen LogP) is 3.23. The van der Waals surface area contributed by atoms with Crippen molar-refractivity contribution >= 4 is 45.2 Å². The third-order valence-corrected chi connectivity index (χ3v) is 7.30. The van der Waals surface area contributed by atoms with Crippen molar-refractivity contribution < 1.29 is 17.7 Å². The van der Waals surface area contributed by atoms with Gasteiger partial charge in [0, 0.05) is 17.0 Å². The molecule has 0 amide bonds. The van der Waals surface area contributed by atoms with Gasteiger partial charge in [-0.2, -0.15) is 0 Å². The van der Waals surface area contributed by atoms with Crippen LogP contribution >= 0.6 is 11.6 Å². The van der Waals surface area contributed by atoms with Crippen molar-refractivity contribution in [2.24, 2.45) is 0 Å². The molecule has 1 fully saturated rings. The Morgan fingerprint density at radius 1 is 1.00 bits per heavy atom. The molecule has 0 saturated carbocycles. The van der Waals surface area contributed by atoms with Crippen LogP contribution in [0.25, 0.3) is 11.0 Å². The topological polar surface area (TPSA) is 70.4 Å². The third-order valence-electron chi connectivity index (χ3n) is 5.42. The summed E-state index contributed by atoms with van der Waals surface area (Å²) in [5, 5.41) is 0.818. The van der Waals surface area contributed by atoms with Crippen LogP contribution in [0.3, 0.4) is 0 Å². The van der Waals surface area contributed by atoms with Crippen molar-refractivity contribution in [1.82, 2.24) is 8.96 Å². The second-order valence-electron chi connectivity index (χ2n) is 7.79. The Bertz CT molecular complexity index is 1140. The summed E-state index contributed by atoms with van der Waals surface area (Å²) in [7, 11) is -4.58. The smallest absolute Gasteiger partial charge is 0.399 e. The number of benzene rings is 1. The first-order valence-electron chi connectivity index (χ1n) is 8.87. The fraction of sp³-hybridized carbons (Fsp3) is 0.316. The quantitative estimate of drug-likeness (QED) is 0.482. The highest BCUT2D eigenvalue weighted by molar-refractivity contribution is 7.90. The van der Waals surface area contributed by atoms with E-state index in [1.807, 2.05) is 27.7 Å². The van der Waals surface area contributed by atoms with Gasteiger partial charge < -0.3 is 9.31 Å². The molecule has 0 bridgehead atoms. The van der Waals surface area contributed by atoms with Gasteiger partial charge in [-0.25, -0.2) is 17.4 Å². The monoisotopic (exact) mass is 418 g/mol. The van der Waals surface area contributed by atoms with E-state index in [1.54, 1.807) is 42.5 Å². The highest BCUT2D eigenvalue weighted by Gasteiger charge is 2.52. The van der Waals surface area contributed by atoms with Crippen LogP contribution in [0.15, 0.2) is 53.6 Å². The van der Waals surface area contributed by atoms with Crippen molar-refractivity contribution in [3.05, 3.63) is 53.8 Å². The van der Waals surface area contributed by atoms with Crippen LogP contribution in [0.5, 0.6) is 0 Å². The highest BCUT2D eigenvalue weighted by Crippen LogP contribution is 2.37. The zero-order chi connectivity index (χ0) is 20.3. The summed E-state index contributed by atoms with van der Waals surface area (Å²) in [6, 6.07) is 11.6. The summed E-state index contributed by atoms with van der Waals surface area (Å²) >= 11 is 6.06. The van der Waals surface area contributed by atoms with E-state index >= 15 is 0 Å². The molecule has 0 radical (unpaired) electrons. The zero-order valence-electron chi connectivity index (χ0n) is 16.0. The number of fused-ring (bicyclic) bond motifs is 1. The fourth-order valence-electron chi connectivity index (χ4n) is 3.12.